The van der Waals surface area contributed by atoms with Gasteiger partial charge in [0.2, 0.25) is 0 Å². The fraction of sp³-hybridized carbons (Fsp3) is 0.400. The lowest BCUT2D eigenvalue weighted by Crippen LogP contribution is -1.96. The first kappa shape index (κ1) is 7.69. The van der Waals surface area contributed by atoms with Crippen LogP contribution in [0.3, 0.4) is 0 Å². The molecule has 1 N–H and O–H groups in total. The molecule has 0 amide bonds. The molecule has 0 aromatic heterocycles. The molecule has 2 nitrogen and oxygen atoms in total. The molecule has 0 aromatic carbocycles. The molecule has 8 heavy (non-hydrogen) atoms. The van der Waals surface area contributed by atoms with Crippen molar-refractivity contribution in [2.24, 2.45) is 0 Å². The summed E-state index contributed by atoms with van der Waals surface area (Å²) >= 11 is 3.08. The maximum atomic E-state index is 9.89. The summed E-state index contributed by atoms with van der Waals surface area (Å²) in [6.07, 6.45) is 0.0608. The van der Waals surface area contributed by atoms with Crippen LogP contribution >= 0.6 is 15.9 Å². The van der Waals surface area contributed by atoms with Crippen molar-refractivity contribution < 1.29 is 9.90 Å². The SMILES string of the molecule is C=C(CBr)CC(=O)O. The number of alkyl halides is 1. The van der Waals surface area contributed by atoms with E-state index in [0.717, 1.165) is 0 Å². The summed E-state index contributed by atoms with van der Waals surface area (Å²) in [5.74, 6) is -0.825. The largest absolute Gasteiger partial charge is 0.481 e. The summed E-state index contributed by atoms with van der Waals surface area (Å²) < 4.78 is 0. The number of rotatable bonds is 3. The maximum Gasteiger partial charge on any atom is 0.307 e. The Balaban J connectivity index is 3.40. The van der Waals surface area contributed by atoms with Gasteiger partial charge in [-0.25, -0.2) is 0 Å². The summed E-state index contributed by atoms with van der Waals surface area (Å²) in [5, 5.41) is 8.70. The third-order valence-corrected chi connectivity index (χ3v) is 1.38. The summed E-state index contributed by atoms with van der Waals surface area (Å²) in [6.45, 7) is 3.49. The first-order chi connectivity index (χ1) is 3.66. The van der Waals surface area contributed by atoms with Gasteiger partial charge in [-0.3, -0.25) is 4.79 Å². The molecule has 0 aliphatic heterocycles. The predicted octanol–water partition coefficient (Wildman–Crippen LogP) is 1.41. The molecule has 0 aromatic rings. The Morgan fingerprint density at radius 1 is 1.75 bits per heavy atom. The van der Waals surface area contributed by atoms with Crippen LogP contribution in [0.15, 0.2) is 12.2 Å². The molecule has 3 heteroatoms. The van der Waals surface area contributed by atoms with E-state index in [9.17, 15) is 4.79 Å². The molecule has 0 rings (SSSR count). The topological polar surface area (TPSA) is 37.3 Å². The van der Waals surface area contributed by atoms with Crippen LogP contribution in [0.4, 0.5) is 0 Å². The molecule has 0 aliphatic rings. The zero-order valence-electron chi connectivity index (χ0n) is 4.35. The van der Waals surface area contributed by atoms with Crippen LogP contribution < -0.4 is 0 Å². The molecule has 0 spiro atoms. The van der Waals surface area contributed by atoms with Gasteiger partial charge in [0.1, 0.15) is 0 Å². The number of hydrogen-bond acceptors (Lipinski definition) is 1. The summed E-state index contributed by atoms with van der Waals surface area (Å²) in [4.78, 5) is 9.89. The van der Waals surface area contributed by atoms with Crippen molar-refractivity contribution in [3.05, 3.63) is 12.2 Å². The molecule has 0 aliphatic carbocycles. The highest BCUT2D eigenvalue weighted by molar-refractivity contribution is 9.09. The predicted molar refractivity (Wildman–Crippen MR) is 35.2 cm³/mol. The molecule has 0 heterocycles. The Morgan fingerprint density at radius 2 is 2.25 bits per heavy atom. The summed E-state index contributed by atoms with van der Waals surface area (Å²) in [6, 6.07) is 0. The van der Waals surface area contributed by atoms with Crippen molar-refractivity contribution in [2.45, 2.75) is 6.42 Å². The van der Waals surface area contributed by atoms with E-state index in [1.807, 2.05) is 0 Å². The average Bonchev–Trinajstić information content (AvgIpc) is 1.65. The van der Waals surface area contributed by atoms with Crippen molar-refractivity contribution in [3.63, 3.8) is 0 Å². The number of aliphatic carboxylic acids is 1. The fourth-order valence-corrected chi connectivity index (χ4v) is 0.459. The smallest absolute Gasteiger partial charge is 0.307 e. The van der Waals surface area contributed by atoms with Gasteiger partial charge in [0.25, 0.3) is 0 Å². The van der Waals surface area contributed by atoms with Crippen LogP contribution in [-0.4, -0.2) is 16.4 Å². The molecule has 0 saturated carbocycles. The minimum absolute atomic E-state index is 0.0608. The lowest BCUT2D eigenvalue weighted by molar-refractivity contribution is -0.136. The van der Waals surface area contributed by atoms with Gasteiger partial charge < -0.3 is 5.11 Å². The highest BCUT2D eigenvalue weighted by Crippen LogP contribution is 2.00. The Hall–Kier alpha value is -0.310. The summed E-state index contributed by atoms with van der Waals surface area (Å²) in [5.41, 5.74) is 0.692. The second-order valence-corrected chi connectivity index (χ2v) is 2.01. The first-order valence-electron chi connectivity index (χ1n) is 2.11. The van der Waals surface area contributed by atoms with E-state index < -0.39 is 5.97 Å². The van der Waals surface area contributed by atoms with Crippen LogP contribution in [0.25, 0.3) is 0 Å². The van der Waals surface area contributed by atoms with Crippen LogP contribution in [0.5, 0.6) is 0 Å². The van der Waals surface area contributed by atoms with Crippen molar-refractivity contribution in [3.8, 4) is 0 Å². The van der Waals surface area contributed by atoms with Crippen molar-refractivity contribution in [1.82, 2.24) is 0 Å². The Bertz CT molecular complexity index is 109. The van der Waals surface area contributed by atoms with Crippen LogP contribution in [-0.2, 0) is 4.79 Å². The second kappa shape index (κ2) is 3.66. The molecule has 0 atom stereocenters. The molecule has 0 saturated heterocycles. The van der Waals surface area contributed by atoms with Gasteiger partial charge in [0.15, 0.2) is 0 Å². The second-order valence-electron chi connectivity index (χ2n) is 1.45. The number of carbonyl (C=O) groups is 1. The molecule has 0 fully saturated rings. The van der Waals surface area contributed by atoms with Gasteiger partial charge in [-0.15, -0.1) is 0 Å². The van der Waals surface area contributed by atoms with Gasteiger partial charge in [-0.1, -0.05) is 28.1 Å². The van der Waals surface area contributed by atoms with E-state index in [4.69, 9.17) is 5.11 Å². The van der Waals surface area contributed by atoms with Crippen LogP contribution in [0.1, 0.15) is 6.42 Å². The molecule has 0 radical (unpaired) electrons. The number of halogens is 1. The third kappa shape index (κ3) is 3.87. The minimum atomic E-state index is -0.825. The number of hydrogen-bond donors (Lipinski definition) is 1. The van der Waals surface area contributed by atoms with E-state index in [-0.39, 0.29) is 6.42 Å². The maximum absolute atomic E-state index is 9.89. The van der Waals surface area contributed by atoms with Crippen molar-refractivity contribution >= 4 is 21.9 Å². The van der Waals surface area contributed by atoms with Gasteiger partial charge in [0, 0.05) is 5.33 Å². The molecular weight excluding hydrogens is 172 g/mol. The van der Waals surface area contributed by atoms with E-state index in [0.29, 0.717) is 10.9 Å². The third-order valence-electron chi connectivity index (χ3n) is 0.590. The van der Waals surface area contributed by atoms with Gasteiger partial charge in [-0.2, -0.15) is 0 Å². The number of carboxylic acid groups (broad SMARTS) is 1. The zero-order chi connectivity index (χ0) is 6.57. The summed E-state index contributed by atoms with van der Waals surface area (Å²) in [7, 11) is 0. The number of carboxylic acids is 1. The highest BCUT2D eigenvalue weighted by Gasteiger charge is 1.97. The molecule has 0 unspecified atom stereocenters. The monoisotopic (exact) mass is 178 g/mol. The standard InChI is InChI=1S/C5H7BrO2/c1-4(3-6)2-5(7)8/h1-3H2,(H,7,8). The highest BCUT2D eigenvalue weighted by atomic mass is 79.9. The molecule has 0 bridgehead atoms. The normalized spacial score (nSPS) is 8.62. The quantitative estimate of drug-likeness (QED) is 0.525. The van der Waals surface area contributed by atoms with E-state index in [1.54, 1.807) is 0 Å². The Kier molecular flexibility index (Phi) is 3.52. The molecular formula is C5H7BrO2. The Morgan fingerprint density at radius 3 is 2.38 bits per heavy atom. The van der Waals surface area contributed by atoms with Crippen molar-refractivity contribution in [1.29, 1.82) is 0 Å². The van der Waals surface area contributed by atoms with E-state index in [1.165, 1.54) is 0 Å². The first-order valence-corrected chi connectivity index (χ1v) is 3.23. The van der Waals surface area contributed by atoms with Gasteiger partial charge in [0.05, 0.1) is 6.42 Å². The van der Waals surface area contributed by atoms with Gasteiger partial charge in [-0.05, 0) is 0 Å². The lowest BCUT2D eigenvalue weighted by atomic mass is 10.2. The van der Waals surface area contributed by atoms with E-state index in [2.05, 4.69) is 22.5 Å². The van der Waals surface area contributed by atoms with Crippen molar-refractivity contribution in [2.75, 3.05) is 5.33 Å². The fourth-order valence-electron chi connectivity index (χ4n) is 0.261. The van der Waals surface area contributed by atoms with Crippen LogP contribution in [0, 0.1) is 0 Å². The zero-order valence-corrected chi connectivity index (χ0v) is 5.94. The minimum Gasteiger partial charge on any atom is -0.481 e. The lowest BCUT2D eigenvalue weighted by Gasteiger charge is -1.91. The molecule has 46 valence electrons. The van der Waals surface area contributed by atoms with Crippen LogP contribution in [0.2, 0.25) is 0 Å². The Labute approximate surface area is 56.3 Å². The van der Waals surface area contributed by atoms with Gasteiger partial charge >= 0.3 is 5.97 Å². The average molecular weight is 179 g/mol. The van der Waals surface area contributed by atoms with E-state index >= 15 is 0 Å².